The molecule has 0 aliphatic heterocycles. The smallest absolute Gasteiger partial charge is 0.268 e. The lowest BCUT2D eigenvalue weighted by molar-refractivity contribution is -0.114. The first-order valence-electron chi connectivity index (χ1n) is 10.9. The molecule has 0 radical (unpaired) electrons. The molecule has 35 heavy (non-hydrogen) atoms. The molecular weight excluding hydrogens is 467 g/mol. The number of anilines is 1. The summed E-state index contributed by atoms with van der Waals surface area (Å²) in [6.07, 6.45) is 1.67. The lowest BCUT2D eigenvalue weighted by atomic mass is 10.1. The molecule has 8 nitrogen and oxygen atoms in total. The fourth-order valence-electron chi connectivity index (χ4n) is 4.09. The normalized spacial score (nSPS) is 11.3. The largest absolute Gasteiger partial charge is 0.316 e. The van der Waals surface area contributed by atoms with Gasteiger partial charge in [-0.15, -0.1) is 0 Å². The number of rotatable bonds is 4. The molecule has 0 spiro atoms. The predicted octanol–water partition coefficient (Wildman–Crippen LogP) is 4.34. The third-order valence-corrected chi connectivity index (χ3v) is 6.71. The van der Waals surface area contributed by atoms with E-state index in [1.54, 1.807) is 35.0 Å². The quantitative estimate of drug-likeness (QED) is 0.367. The third-order valence-electron chi connectivity index (χ3n) is 5.71. The van der Waals surface area contributed by atoms with Gasteiger partial charge in [-0.2, -0.15) is 0 Å². The molecule has 0 aliphatic rings. The fourth-order valence-corrected chi connectivity index (χ4v) is 5.15. The molecule has 5 aromatic rings. The molecule has 0 atom stereocenters. The molecule has 0 saturated carbocycles. The number of fused-ring (bicyclic) bond motifs is 2. The van der Waals surface area contributed by atoms with E-state index in [1.165, 1.54) is 34.8 Å². The summed E-state index contributed by atoms with van der Waals surface area (Å²) in [5.74, 6) is -0.668. The highest BCUT2D eigenvalue weighted by Gasteiger charge is 2.21. The molecule has 1 amide bonds. The first-order valence-corrected chi connectivity index (χ1v) is 11.7. The maximum Gasteiger partial charge on any atom is 0.268 e. The Morgan fingerprint density at radius 2 is 1.91 bits per heavy atom. The van der Waals surface area contributed by atoms with Crippen LogP contribution in [0.2, 0.25) is 0 Å². The zero-order chi connectivity index (χ0) is 24.9. The van der Waals surface area contributed by atoms with Crippen LogP contribution in [-0.4, -0.2) is 24.8 Å². The average Bonchev–Trinajstić information content (AvgIpc) is 3.23. The standard InChI is InChI=1S/C25H21FN6O2S/c1-4-31-18(27)12-17(19-22(31)30-21-13(2)6-5-11-32(21)25(19)34)23-29-20(24(35-23)28-14(3)33)15-7-9-16(26)10-8-15/h5-12,27H,4H2,1-3H3,(H,28,33). The van der Waals surface area contributed by atoms with Gasteiger partial charge in [0.2, 0.25) is 5.91 Å². The van der Waals surface area contributed by atoms with E-state index >= 15 is 0 Å². The van der Waals surface area contributed by atoms with E-state index in [9.17, 15) is 14.0 Å². The molecule has 1 aromatic carbocycles. The molecule has 4 aromatic heterocycles. The van der Waals surface area contributed by atoms with Gasteiger partial charge in [-0.1, -0.05) is 17.4 Å². The van der Waals surface area contributed by atoms with Gasteiger partial charge in [0.05, 0.1) is 5.39 Å². The van der Waals surface area contributed by atoms with Crippen LogP contribution in [0.15, 0.2) is 53.5 Å². The number of nitrogens with zero attached hydrogens (tertiary/aromatic N) is 4. The Hall–Kier alpha value is -4.18. The molecule has 10 heteroatoms. The summed E-state index contributed by atoms with van der Waals surface area (Å²) in [4.78, 5) is 35.1. The second-order valence-corrected chi connectivity index (χ2v) is 9.07. The third kappa shape index (κ3) is 3.81. The summed E-state index contributed by atoms with van der Waals surface area (Å²) in [6, 6.07) is 11.1. The van der Waals surface area contributed by atoms with Gasteiger partial charge >= 0.3 is 0 Å². The molecule has 0 bridgehead atoms. The van der Waals surface area contributed by atoms with Gasteiger partial charge in [0.25, 0.3) is 5.56 Å². The Morgan fingerprint density at radius 3 is 2.60 bits per heavy atom. The minimum atomic E-state index is -0.386. The van der Waals surface area contributed by atoms with Crippen molar-refractivity contribution in [2.75, 3.05) is 5.32 Å². The molecule has 0 unspecified atom stereocenters. The van der Waals surface area contributed by atoms with E-state index in [0.29, 0.717) is 50.1 Å². The van der Waals surface area contributed by atoms with Crippen LogP contribution in [0.25, 0.3) is 38.5 Å². The Kier molecular flexibility index (Phi) is 5.52. The van der Waals surface area contributed by atoms with Crippen molar-refractivity contribution in [3.05, 3.63) is 75.9 Å². The number of carbonyl (C=O) groups is 1. The van der Waals surface area contributed by atoms with Crippen LogP contribution >= 0.6 is 11.3 Å². The number of aromatic nitrogens is 4. The van der Waals surface area contributed by atoms with Gasteiger partial charge in [0.1, 0.15) is 38.3 Å². The average molecular weight is 489 g/mol. The summed E-state index contributed by atoms with van der Waals surface area (Å²) in [5.41, 5.74) is 3.19. The molecular formula is C25H21FN6O2S. The van der Waals surface area contributed by atoms with Gasteiger partial charge in [0, 0.05) is 30.8 Å². The summed E-state index contributed by atoms with van der Waals surface area (Å²) < 4.78 is 16.7. The van der Waals surface area contributed by atoms with Crippen molar-refractivity contribution in [2.45, 2.75) is 27.3 Å². The van der Waals surface area contributed by atoms with E-state index in [0.717, 1.165) is 5.56 Å². The fraction of sp³-hybridized carbons (Fsp3) is 0.160. The van der Waals surface area contributed by atoms with E-state index in [-0.39, 0.29) is 22.8 Å². The van der Waals surface area contributed by atoms with Crippen molar-refractivity contribution >= 4 is 38.9 Å². The molecule has 5 rings (SSSR count). The van der Waals surface area contributed by atoms with Crippen LogP contribution in [-0.2, 0) is 11.3 Å². The number of benzene rings is 1. The van der Waals surface area contributed by atoms with Crippen LogP contribution in [0.3, 0.4) is 0 Å². The second-order valence-electron chi connectivity index (χ2n) is 8.07. The monoisotopic (exact) mass is 488 g/mol. The van der Waals surface area contributed by atoms with Crippen molar-refractivity contribution in [3.8, 4) is 21.8 Å². The van der Waals surface area contributed by atoms with Crippen molar-refractivity contribution in [3.63, 3.8) is 0 Å². The van der Waals surface area contributed by atoms with Crippen LogP contribution in [0.5, 0.6) is 0 Å². The van der Waals surface area contributed by atoms with Crippen molar-refractivity contribution in [1.82, 2.24) is 18.9 Å². The molecule has 0 fully saturated rings. The highest BCUT2D eigenvalue weighted by atomic mass is 32.1. The summed E-state index contributed by atoms with van der Waals surface area (Å²) in [5, 5.41) is 12.6. The molecule has 0 aliphatic carbocycles. The number of hydrogen-bond donors (Lipinski definition) is 2. The summed E-state index contributed by atoms with van der Waals surface area (Å²) >= 11 is 1.19. The summed E-state index contributed by atoms with van der Waals surface area (Å²) in [6.45, 7) is 5.62. The zero-order valence-electron chi connectivity index (χ0n) is 19.2. The van der Waals surface area contributed by atoms with E-state index in [2.05, 4.69) is 5.32 Å². The predicted molar refractivity (Wildman–Crippen MR) is 134 cm³/mol. The minimum absolute atomic E-state index is 0.180. The van der Waals surface area contributed by atoms with Crippen LogP contribution in [0, 0.1) is 18.2 Å². The zero-order valence-corrected chi connectivity index (χ0v) is 20.0. The Balaban J connectivity index is 1.86. The highest BCUT2D eigenvalue weighted by molar-refractivity contribution is 7.19. The maximum absolute atomic E-state index is 13.7. The van der Waals surface area contributed by atoms with E-state index in [1.807, 2.05) is 19.9 Å². The number of amides is 1. The van der Waals surface area contributed by atoms with Crippen LogP contribution < -0.4 is 16.4 Å². The maximum atomic E-state index is 13.7. The Bertz CT molecular complexity index is 1750. The number of halogens is 1. The van der Waals surface area contributed by atoms with Crippen LogP contribution in [0.4, 0.5) is 9.39 Å². The van der Waals surface area contributed by atoms with Crippen molar-refractivity contribution < 1.29 is 9.18 Å². The van der Waals surface area contributed by atoms with Gasteiger partial charge in [-0.25, -0.2) is 14.4 Å². The van der Waals surface area contributed by atoms with Gasteiger partial charge in [0.15, 0.2) is 0 Å². The summed E-state index contributed by atoms with van der Waals surface area (Å²) in [7, 11) is 0. The number of aryl methyl sites for hydroxylation is 2. The molecule has 2 N–H and O–H groups in total. The van der Waals surface area contributed by atoms with Crippen LogP contribution in [0.1, 0.15) is 19.4 Å². The Morgan fingerprint density at radius 1 is 1.17 bits per heavy atom. The first-order chi connectivity index (χ1) is 16.8. The molecule has 176 valence electrons. The van der Waals surface area contributed by atoms with E-state index < -0.39 is 0 Å². The molecule has 4 heterocycles. The van der Waals surface area contributed by atoms with E-state index in [4.69, 9.17) is 15.4 Å². The van der Waals surface area contributed by atoms with Gasteiger partial charge in [-0.3, -0.25) is 19.4 Å². The SMILES string of the molecule is CCn1c(=N)cc(-c2nc(-c3ccc(F)cc3)c(NC(C)=O)s2)c2c(=O)n3cccc(C)c3nc21. The minimum Gasteiger partial charge on any atom is -0.316 e. The lowest BCUT2D eigenvalue weighted by Gasteiger charge is -2.13. The molecule has 0 saturated heterocycles. The Labute approximate surface area is 202 Å². The number of thiazole rings is 1. The number of nitrogens with one attached hydrogen (secondary N) is 2. The number of hydrogen-bond acceptors (Lipinski definition) is 6. The second kappa shape index (κ2) is 8.55. The van der Waals surface area contributed by atoms with Gasteiger partial charge < -0.3 is 9.88 Å². The topological polar surface area (TPSA) is 105 Å². The number of pyridine rings is 2. The van der Waals surface area contributed by atoms with Crippen molar-refractivity contribution in [2.24, 2.45) is 0 Å². The lowest BCUT2D eigenvalue weighted by Crippen LogP contribution is -2.25. The van der Waals surface area contributed by atoms with Crippen molar-refractivity contribution in [1.29, 1.82) is 5.41 Å². The first kappa shape index (κ1) is 22.6. The highest BCUT2D eigenvalue weighted by Crippen LogP contribution is 2.39. The number of carbonyl (C=O) groups excluding carboxylic acids is 1. The van der Waals surface area contributed by atoms with Gasteiger partial charge in [-0.05, 0) is 55.8 Å².